The summed E-state index contributed by atoms with van der Waals surface area (Å²) < 4.78 is 0. The number of aliphatic hydroxyl groups excluding tert-OH is 2. The number of hydrogen-bond donors (Lipinski definition) is 3. The first kappa shape index (κ1) is 7.65. The van der Waals surface area contributed by atoms with Crippen LogP contribution in [0.15, 0.2) is 23.2 Å². The van der Waals surface area contributed by atoms with Crippen molar-refractivity contribution >= 4 is 5.97 Å². The van der Waals surface area contributed by atoms with E-state index in [1.54, 1.807) is 0 Å². The molecule has 0 amide bonds. The van der Waals surface area contributed by atoms with Crippen molar-refractivity contribution in [3.8, 4) is 0 Å². The molecule has 3 N–H and O–H groups in total. The zero-order valence-electron chi connectivity index (χ0n) is 5.74. The highest BCUT2D eigenvalue weighted by molar-refractivity contribution is 5.91. The highest BCUT2D eigenvalue weighted by atomic mass is 16.4. The van der Waals surface area contributed by atoms with E-state index in [0.717, 1.165) is 0 Å². The summed E-state index contributed by atoms with van der Waals surface area (Å²) in [6.45, 7) is 0. The lowest BCUT2D eigenvalue weighted by atomic mass is 10.0. The third-order valence-electron chi connectivity index (χ3n) is 1.49. The van der Waals surface area contributed by atoms with Gasteiger partial charge >= 0.3 is 5.97 Å². The molecular weight excluding hydrogens is 148 g/mol. The number of carboxylic acids is 1. The Hall–Kier alpha value is -1.45. The fraction of sp³-hybridized carbons (Fsp3) is 0.286. The molecule has 0 saturated carbocycles. The fourth-order valence-electron chi connectivity index (χ4n) is 0.912. The van der Waals surface area contributed by atoms with Crippen LogP contribution in [0, 0.1) is 0 Å². The molecule has 0 aliphatic heterocycles. The van der Waals surface area contributed by atoms with E-state index in [9.17, 15) is 4.79 Å². The summed E-state index contributed by atoms with van der Waals surface area (Å²) in [5.41, 5.74) is -0.214. The van der Waals surface area contributed by atoms with Crippen LogP contribution in [-0.2, 0) is 4.79 Å². The molecule has 0 aromatic rings. The smallest absolute Gasteiger partial charge is 0.339 e. The Morgan fingerprint density at radius 2 is 2.09 bits per heavy atom. The predicted octanol–water partition coefficient (Wildman–Crippen LogP) is 1.12. The summed E-state index contributed by atoms with van der Waals surface area (Å²) in [5.74, 6) is -1.97. The van der Waals surface area contributed by atoms with Gasteiger partial charge in [0.15, 0.2) is 5.76 Å². The van der Waals surface area contributed by atoms with Crippen LogP contribution in [0.5, 0.6) is 0 Å². The molecule has 0 heterocycles. The number of hydrogen-bond acceptors (Lipinski definition) is 3. The van der Waals surface area contributed by atoms with Crippen molar-refractivity contribution in [2.45, 2.75) is 12.8 Å². The van der Waals surface area contributed by atoms with E-state index >= 15 is 0 Å². The molecule has 1 aliphatic rings. The molecule has 0 saturated heterocycles. The Morgan fingerprint density at radius 3 is 2.55 bits per heavy atom. The molecule has 0 radical (unpaired) electrons. The van der Waals surface area contributed by atoms with Crippen molar-refractivity contribution in [2.75, 3.05) is 0 Å². The maximum absolute atomic E-state index is 10.3. The Morgan fingerprint density at radius 1 is 1.45 bits per heavy atom. The van der Waals surface area contributed by atoms with E-state index in [4.69, 9.17) is 15.3 Å². The predicted molar refractivity (Wildman–Crippen MR) is 37.2 cm³/mol. The second-order valence-corrected chi connectivity index (χ2v) is 2.26. The van der Waals surface area contributed by atoms with E-state index < -0.39 is 11.7 Å². The maximum Gasteiger partial charge on any atom is 0.339 e. The number of rotatable bonds is 1. The van der Waals surface area contributed by atoms with Gasteiger partial charge in [0.2, 0.25) is 0 Å². The van der Waals surface area contributed by atoms with Gasteiger partial charge in [0, 0.05) is 6.42 Å². The van der Waals surface area contributed by atoms with E-state index in [2.05, 4.69) is 0 Å². The summed E-state index contributed by atoms with van der Waals surface area (Å²) in [6.07, 6.45) is 2.15. The van der Waals surface area contributed by atoms with Crippen LogP contribution in [0.3, 0.4) is 0 Å². The van der Waals surface area contributed by atoms with E-state index in [1.807, 2.05) is 0 Å². The maximum atomic E-state index is 10.3. The van der Waals surface area contributed by atoms with Gasteiger partial charge in [-0.3, -0.25) is 0 Å². The summed E-state index contributed by atoms with van der Waals surface area (Å²) in [6, 6.07) is 0. The van der Waals surface area contributed by atoms with Crippen molar-refractivity contribution in [1.29, 1.82) is 0 Å². The first-order chi connectivity index (χ1) is 5.13. The zero-order chi connectivity index (χ0) is 8.43. The van der Waals surface area contributed by atoms with Crippen LogP contribution in [0.4, 0.5) is 0 Å². The average Bonchev–Trinajstić information content (AvgIpc) is 1.94. The van der Waals surface area contributed by atoms with Crippen LogP contribution < -0.4 is 0 Å². The molecule has 0 fully saturated rings. The second-order valence-electron chi connectivity index (χ2n) is 2.26. The minimum absolute atomic E-state index is 0.214. The van der Waals surface area contributed by atoms with Crippen molar-refractivity contribution in [3.63, 3.8) is 0 Å². The topological polar surface area (TPSA) is 77.8 Å². The van der Waals surface area contributed by atoms with Gasteiger partial charge in [0.25, 0.3) is 0 Å². The molecular formula is C7H8O4. The van der Waals surface area contributed by atoms with Crippen LogP contribution in [0.25, 0.3) is 0 Å². The van der Waals surface area contributed by atoms with Gasteiger partial charge < -0.3 is 15.3 Å². The van der Waals surface area contributed by atoms with E-state index in [1.165, 1.54) is 6.08 Å². The Kier molecular flexibility index (Phi) is 1.85. The van der Waals surface area contributed by atoms with Gasteiger partial charge in [0.1, 0.15) is 11.3 Å². The highest BCUT2D eigenvalue weighted by Crippen LogP contribution is 2.21. The minimum Gasteiger partial charge on any atom is -0.508 e. The minimum atomic E-state index is -1.21. The van der Waals surface area contributed by atoms with Crippen molar-refractivity contribution in [2.24, 2.45) is 0 Å². The molecule has 0 aromatic heterocycles. The van der Waals surface area contributed by atoms with Crippen LogP contribution in [-0.4, -0.2) is 21.3 Å². The van der Waals surface area contributed by atoms with Gasteiger partial charge in [-0.15, -0.1) is 0 Å². The molecule has 60 valence electrons. The molecule has 0 bridgehead atoms. The number of carboxylic acid groups (broad SMARTS) is 1. The van der Waals surface area contributed by atoms with Gasteiger partial charge in [0.05, 0.1) is 0 Å². The number of carbonyl (C=O) groups is 1. The van der Waals surface area contributed by atoms with Crippen LogP contribution in [0.2, 0.25) is 0 Å². The number of aliphatic carboxylic acids is 1. The molecule has 11 heavy (non-hydrogen) atoms. The first-order valence-electron chi connectivity index (χ1n) is 3.18. The quantitative estimate of drug-likeness (QED) is 0.531. The third kappa shape index (κ3) is 1.34. The molecule has 0 unspecified atom stereocenters. The molecule has 4 nitrogen and oxygen atoms in total. The monoisotopic (exact) mass is 156 g/mol. The van der Waals surface area contributed by atoms with Crippen molar-refractivity contribution < 1.29 is 20.1 Å². The lowest BCUT2D eigenvalue weighted by molar-refractivity contribution is -0.132. The molecule has 0 atom stereocenters. The van der Waals surface area contributed by atoms with Gasteiger partial charge in [-0.1, -0.05) is 6.08 Å². The SMILES string of the molecule is O=C(O)C1=CCCC(O)=C1O. The fourth-order valence-corrected chi connectivity index (χ4v) is 0.912. The largest absolute Gasteiger partial charge is 0.508 e. The lowest BCUT2D eigenvalue weighted by Gasteiger charge is -2.09. The molecule has 1 rings (SSSR count). The lowest BCUT2D eigenvalue weighted by Crippen LogP contribution is -2.09. The standard InChI is InChI=1S/C7H8O4/c8-5-3-1-2-4(6(5)9)7(10)11/h2,8-9H,1,3H2,(H,10,11). The van der Waals surface area contributed by atoms with Crippen molar-refractivity contribution in [3.05, 3.63) is 23.2 Å². The Balaban J connectivity index is 2.98. The zero-order valence-corrected chi connectivity index (χ0v) is 5.74. The van der Waals surface area contributed by atoms with Crippen LogP contribution in [0.1, 0.15) is 12.8 Å². The normalized spacial score (nSPS) is 18.0. The van der Waals surface area contributed by atoms with E-state index in [0.29, 0.717) is 12.8 Å². The van der Waals surface area contributed by atoms with Gasteiger partial charge in [-0.05, 0) is 6.42 Å². The Labute approximate surface area is 63.1 Å². The molecule has 1 aliphatic carbocycles. The van der Waals surface area contributed by atoms with Crippen LogP contribution >= 0.6 is 0 Å². The summed E-state index contributed by atoms with van der Waals surface area (Å²) in [4.78, 5) is 10.3. The number of allylic oxidation sites excluding steroid dienone is 2. The summed E-state index contributed by atoms with van der Waals surface area (Å²) in [5, 5.41) is 26.4. The second kappa shape index (κ2) is 2.65. The third-order valence-corrected chi connectivity index (χ3v) is 1.49. The first-order valence-corrected chi connectivity index (χ1v) is 3.18. The summed E-state index contributed by atoms with van der Waals surface area (Å²) >= 11 is 0. The average molecular weight is 156 g/mol. The van der Waals surface area contributed by atoms with E-state index in [-0.39, 0.29) is 11.3 Å². The van der Waals surface area contributed by atoms with Gasteiger partial charge in [-0.25, -0.2) is 4.79 Å². The molecule has 0 spiro atoms. The summed E-state index contributed by atoms with van der Waals surface area (Å²) in [7, 11) is 0. The molecule has 4 heteroatoms. The van der Waals surface area contributed by atoms with Crippen molar-refractivity contribution in [1.82, 2.24) is 0 Å². The molecule has 0 aromatic carbocycles. The van der Waals surface area contributed by atoms with Gasteiger partial charge in [-0.2, -0.15) is 0 Å². The highest BCUT2D eigenvalue weighted by Gasteiger charge is 2.19. The number of aliphatic hydroxyl groups is 2. The Bertz CT molecular complexity index is 249.